The Hall–Kier alpha value is -2.63. The zero-order chi connectivity index (χ0) is 15.5. The van der Waals surface area contributed by atoms with E-state index in [1.54, 1.807) is 17.0 Å². The summed E-state index contributed by atoms with van der Waals surface area (Å²) >= 11 is 0. The van der Waals surface area contributed by atoms with Crippen LogP contribution in [0.5, 0.6) is 5.75 Å². The summed E-state index contributed by atoms with van der Waals surface area (Å²) in [6, 6.07) is 7.29. The number of benzene rings is 1. The quantitative estimate of drug-likeness (QED) is 0.881. The van der Waals surface area contributed by atoms with Crippen LogP contribution >= 0.6 is 0 Å². The molecule has 1 aliphatic heterocycles. The molecule has 6 nitrogen and oxygen atoms in total. The number of carbonyl (C=O) groups is 1. The number of amides is 1. The molecular weight excluding hydrogens is 280 g/mol. The Morgan fingerprint density at radius 2 is 1.77 bits per heavy atom. The molecular formula is C16H18N4O2. The maximum atomic E-state index is 12.4. The molecule has 0 unspecified atom stereocenters. The zero-order valence-electron chi connectivity index (χ0n) is 12.1. The Kier molecular flexibility index (Phi) is 3.91. The molecule has 2 heterocycles. The van der Waals surface area contributed by atoms with Gasteiger partial charge in [0.05, 0.1) is 0 Å². The van der Waals surface area contributed by atoms with Crippen molar-refractivity contribution in [2.45, 2.75) is 18.8 Å². The lowest BCUT2D eigenvalue weighted by molar-refractivity contribution is 0.0708. The van der Waals surface area contributed by atoms with Crippen LogP contribution in [-0.4, -0.2) is 39.0 Å². The lowest BCUT2D eigenvalue weighted by Gasteiger charge is -2.32. The van der Waals surface area contributed by atoms with E-state index >= 15 is 0 Å². The van der Waals surface area contributed by atoms with Crippen molar-refractivity contribution in [2.24, 2.45) is 0 Å². The van der Waals surface area contributed by atoms with Gasteiger partial charge in [-0.25, -0.2) is 9.97 Å². The van der Waals surface area contributed by atoms with E-state index in [0.29, 0.717) is 19.0 Å². The first-order valence-electron chi connectivity index (χ1n) is 7.30. The Balaban J connectivity index is 1.65. The van der Waals surface area contributed by atoms with E-state index in [9.17, 15) is 9.90 Å². The van der Waals surface area contributed by atoms with Crippen LogP contribution in [0.2, 0.25) is 0 Å². The van der Waals surface area contributed by atoms with Gasteiger partial charge in [0, 0.05) is 25.5 Å². The molecule has 1 saturated heterocycles. The molecule has 0 bridgehead atoms. The molecule has 22 heavy (non-hydrogen) atoms. The van der Waals surface area contributed by atoms with Crippen LogP contribution in [-0.2, 0) is 0 Å². The Morgan fingerprint density at radius 3 is 2.41 bits per heavy atom. The highest BCUT2D eigenvalue weighted by atomic mass is 16.3. The number of carbonyl (C=O) groups excluding carboxylic acids is 1. The molecule has 6 heteroatoms. The number of piperidine rings is 1. The third-order valence-corrected chi connectivity index (χ3v) is 4.08. The van der Waals surface area contributed by atoms with E-state index in [-0.39, 0.29) is 23.2 Å². The van der Waals surface area contributed by atoms with Crippen LogP contribution in [0.15, 0.2) is 36.7 Å². The molecule has 0 atom stereocenters. The van der Waals surface area contributed by atoms with Crippen LogP contribution in [0.25, 0.3) is 0 Å². The Morgan fingerprint density at radius 1 is 1.14 bits per heavy atom. The van der Waals surface area contributed by atoms with Gasteiger partial charge in [0.1, 0.15) is 5.75 Å². The molecule has 1 amide bonds. The molecule has 2 aromatic rings. The SMILES string of the molecule is Nc1nccnc1C(=O)N1CCC(c2ccc(O)cc2)CC1. The summed E-state index contributed by atoms with van der Waals surface area (Å²) in [6.07, 6.45) is 4.73. The van der Waals surface area contributed by atoms with Gasteiger partial charge in [-0.3, -0.25) is 4.79 Å². The summed E-state index contributed by atoms with van der Waals surface area (Å²) in [7, 11) is 0. The highest BCUT2D eigenvalue weighted by molar-refractivity contribution is 5.96. The van der Waals surface area contributed by atoms with Gasteiger partial charge in [0.2, 0.25) is 0 Å². The lowest BCUT2D eigenvalue weighted by Crippen LogP contribution is -2.38. The molecule has 0 saturated carbocycles. The van der Waals surface area contributed by atoms with E-state index in [4.69, 9.17) is 5.73 Å². The van der Waals surface area contributed by atoms with Crippen LogP contribution in [0.4, 0.5) is 5.82 Å². The predicted octanol–water partition coefficient (Wildman–Crippen LogP) is 1.78. The van der Waals surface area contributed by atoms with Crippen molar-refractivity contribution >= 4 is 11.7 Å². The molecule has 1 aliphatic rings. The summed E-state index contributed by atoms with van der Waals surface area (Å²) < 4.78 is 0. The second-order valence-corrected chi connectivity index (χ2v) is 5.45. The van der Waals surface area contributed by atoms with Crippen LogP contribution in [0, 0.1) is 0 Å². The number of aromatic hydroxyl groups is 1. The summed E-state index contributed by atoms with van der Waals surface area (Å²) in [4.78, 5) is 22.1. The number of phenolic OH excluding ortho intramolecular Hbond substituents is 1. The van der Waals surface area contributed by atoms with Gasteiger partial charge in [-0.05, 0) is 36.5 Å². The van der Waals surface area contributed by atoms with Gasteiger partial charge in [0.15, 0.2) is 11.5 Å². The lowest BCUT2D eigenvalue weighted by atomic mass is 9.89. The van der Waals surface area contributed by atoms with Gasteiger partial charge in [-0.1, -0.05) is 12.1 Å². The van der Waals surface area contributed by atoms with Crippen LogP contribution in [0.3, 0.4) is 0 Å². The number of phenols is 1. The minimum atomic E-state index is -0.158. The molecule has 1 fully saturated rings. The van der Waals surface area contributed by atoms with Gasteiger partial charge in [0.25, 0.3) is 5.91 Å². The number of aromatic nitrogens is 2. The number of nitrogens with zero attached hydrogens (tertiary/aromatic N) is 3. The Bertz CT molecular complexity index is 664. The van der Waals surface area contributed by atoms with E-state index in [1.807, 2.05) is 12.1 Å². The van der Waals surface area contributed by atoms with Crippen molar-refractivity contribution in [1.82, 2.24) is 14.9 Å². The molecule has 1 aromatic heterocycles. The maximum Gasteiger partial charge on any atom is 0.276 e. The minimum Gasteiger partial charge on any atom is -0.508 e. The van der Waals surface area contributed by atoms with E-state index in [1.165, 1.54) is 18.0 Å². The van der Waals surface area contributed by atoms with E-state index < -0.39 is 0 Å². The number of anilines is 1. The van der Waals surface area contributed by atoms with Crippen LogP contribution in [0.1, 0.15) is 34.8 Å². The first kappa shape index (κ1) is 14.3. The number of hydrogen-bond acceptors (Lipinski definition) is 5. The number of rotatable bonds is 2. The molecule has 3 rings (SSSR count). The topological polar surface area (TPSA) is 92.3 Å². The second-order valence-electron chi connectivity index (χ2n) is 5.45. The van der Waals surface area contributed by atoms with E-state index in [2.05, 4.69) is 9.97 Å². The molecule has 1 aromatic carbocycles. The zero-order valence-corrected chi connectivity index (χ0v) is 12.1. The van der Waals surface area contributed by atoms with Gasteiger partial charge < -0.3 is 15.7 Å². The molecule has 0 aliphatic carbocycles. The smallest absolute Gasteiger partial charge is 0.276 e. The largest absolute Gasteiger partial charge is 0.508 e. The first-order valence-corrected chi connectivity index (χ1v) is 7.30. The number of hydrogen-bond donors (Lipinski definition) is 2. The summed E-state index contributed by atoms with van der Waals surface area (Å²) in [5, 5.41) is 9.34. The number of nitrogen functional groups attached to an aromatic ring is 1. The standard InChI is InChI=1S/C16H18N4O2/c17-15-14(18-7-8-19-15)16(22)20-9-5-12(6-10-20)11-1-3-13(21)4-2-11/h1-4,7-8,12,21H,5-6,9-10H2,(H2,17,19). The van der Waals surface area contributed by atoms with Crippen molar-refractivity contribution < 1.29 is 9.90 Å². The van der Waals surface area contributed by atoms with Crippen LogP contribution < -0.4 is 5.73 Å². The van der Waals surface area contributed by atoms with Gasteiger partial charge in [-0.15, -0.1) is 0 Å². The average molecular weight is 298 g/mol. The molecule has 0 radical (unpaired) electrons. The van der Waals surface area contributed by atoms with E-state index in [0.717, 1.165) is 12.8 Å². The average Bonchev–Trinajstić information content (AvgIpc) is 2.56. The summed E-state index contributed by atoms with van der Waals surface area (Å²) in [5.74, 6) is 0.696. The highest BCUT2D eigenvalue weighted by Crippen LogP contribution is 2.29. The fourth-order valence-electron chi connectivity index (χ4n) is 2.83. The minimum absolute atomic E-state index is 0.158. The van der Waals surface area contributed by atoms with Crippen molar-refractivity contribution in [3.05, 3.63) is 47.9 Å². The second kappa shape index (κ2) is 6.01. The Labute approximate surface area is 128 Å². The normalized spacial score (nSPS) is 15.7. The molecule has 3 N–H and O–H groups in total. The number of nitrogens with two attached hydrogens (primary N) is 1. The summed E-state index contributed by atoms with van der Waals surface area (Å²) in [6.45, 7) is 1.33. The third-order valence-electron chi connectivity index (χ3n) is 4.08. The third kappa shape index (κ3) is 2.86. The van der Waals surface area contributed by atoms with Crippen molar-refractivity contribution in [2.75, 3.05) is 18.8 Å². The highest BCUT2D eigenvalue weighted by Gasteiger charge is 2.26. The van der Waals surface area contributed by atoms with Crippen molar-refractivity contribution in [1.29, 1.82) is 0 Å². The predicted molar refractivity (Wildman–Crippen MR) is 82.4 cm³/mol. The number of likely N-dealkylation sites (tertiary alicyclic amines) is 1. The monoisotopic (exact) mass is 298 g/mol. The van der Waals surface area contributed by atoms with Gasteiger partial charge >= 0.3 is 0 Å². The van der Waals surface area contributed by atoms with Crippen molar-refractivity contribution in [3.63, 3.8) is 0 Å². The maximum absolute atomic E-state index is 12.4. The summed E-state index contributed by atoms with van der Waals surface area (Å²) in [5.41, 5.74) is 7.14. The van der Waals surface area contributed by atoms with Gasteiger partial charge in [-0.2, -0.15) is 0 Å². The fraction of sp³-hybridized carbons (Fsp3) is 0.312. The first-order chi connectivity index (χ1) is 10.6. The molecule has 114 valence electrons. The fourth-order valence-corrected chi connectivity index (χ4v) is 2.83. The van der Waals surface area contributed by atoms with Crippen molar-refractivity contribution in [3.8, 4) is 5.75 Å². The molecule has 0 spiro atoms.